The van der Waals surface area contributed by atoms with E-state index in [-0.39, 0.29) is 38.5 Å². The van der Waals surface area contributed by atoms with E-state index < -0.39 is 40.5 Å². The van der Waals surface area contributed by atoms with Gasteiger partial charge in [-0.1, -0.05) is 133 Å². The van der Waals surface area contributed by atoms with Crippen LogP contribution in [0.1, 0.15) is 58.3 Å². The normalized spacial score (nSPS) is 14.0. The summed E-state index contributed by atoms with van der Waals surface area (Å²) in [6.07, 6.45) is 1.10. The van der Waals surface area contributed by atoms with Gasteiger partial charge in [-0.2, -0.15) is 0 Å². The number of nitrogens with one attached hydrogen (secondary N) is 2. The van der Waals surface area contributed by atoms with E-state index in [1.165, 1.54) is 0 Å². The van der Waals surface area contributed by atoms with Crippen molar-refractivity contribution in [3.8, 4) is 23.0 Å². The fraction of sp³-hybridized carbons (Fsp3) is 0.246. The monoisotopic (exact) mass is 948 g/mol. The second-order valence-electron chi connectivity index (χ2n) is 18.8. The number of hydrogen-bond acceptors (Lipinski definition) is 8. The molecule has 1 aliphatic rings. The van der Waals surface area contributed by atoms with Gasteiger partial charge in [-0.3, -0.25) is 9.59 Å². The first-order valence-corrected chi connectivity index (χ1v) is 24.0. The molecule has 1 fully saturated rings. The topological polar surface area (TPSA) is 136 Å². The van der Waals surface area contributed by atoms with Crippen LogP contribution in [0.2, 0.25) is 0 Å². The SMILES string of the molecule is COc1ccc(CC(O)(Cc2ccc(OC)cc2)[C@@H](NC(=O)C2(C(=O)N[C@@H](c3cccc4ccccc34)C(O)(Cc3ccc(OC)cc3)Cc3ccc(OC)cc3)CC2)c2cccc3ccccc23)cc1. The Balaban J connectivity index is 1.13. The summed E-state index contributed by atoms with van der Waals surface area (Å²) in [6, 6.07) is 55.7. The van der Waals surface area contributed by atoms with Crippen LogP contribution in [0.5, 0.6) is 23.0 Å². The molecule has 4 N–H and O–H groups in total. The van der Waals surface area contributed by atoms with Crippen LogP contribution in [-0.4, -0.2) is 61.7 Å². The average molecular weight is 949 g/mol. The minimum atomic E-state index is -1.64. The van der Waals surface area contributed by atoms with Crippen LogP contribution in [0, 0.1) is 5.41 Å². The summed E-state index contributed by atoms with van der Waals surface area (Å²) < 4.78 is 21.9. The number of methoxy groups -OCH3 is 4. The third-order valence-electron chi connectivity index (χ3n) is 14.2. The third kappa shape index (κ3) is 10.5. The number of benzene rings is 8. The molecule has 0 spiro atoms. The molecule has 2 amide bonds. The molecule has 0 aliphatic heterocycles. The number of hydrogen-bond donors (Lipinski definition) is 4. The zero-order valence-electron chi connectivity index (χ0n) is 40.6. The molecule has 0 aromatic heterocycles. The average Bonchev–Trinajstić information content (AvgIpc) is 4.23. The Morgan fingerprint density at radius 3 is 1.00 bits per heavy atom. The number of rotatable bonds is 20. The van der Waals surface area contributed by atoms with Crippen molar-refractivity contribution in [1.29, 1.82) is 0 Å². The van der Waals surface area contributed by atoms with Crippen LogP contribution in [0.4, 0.5) is 0 Å². The molecule has 0 unspecified atom stereocenters. The van der Waals surface area contributed by atoms with Gasteiger partial charge in [-0.25, -0.2) is 0 Å². The van der Waals surface area contributed by atoms with E-state index in [9.17, 15) is 10.2 Å². The maximum Gasteiger partial charge on any atom is 0.236 e. The Hall–Kier alpha value is -7.66. The summed E-state index contributed by atoms with van der Waals surface area (Å²) in [4.78, 5) is 31.0. The molecular formula is C61H60N2O8. The van der Waals surface area contributed by atoms with Gasteiger partial charge in [0.05, 0.1) is 51.7 Å². The van der Waals surface area contributed by atoms with E-state index in [1.807, 2.05) is 182 Å². The lowest BCUT2D eigenvalue weighted by atomic mass is 9.77. The molecule has 1 aliphatic carbocycles. The van der Waals surface area contributed by atoms with Crippen molar-refractivity contribution in [3.05, 3.63) is 215 Å². The van der Waals surface area contributed by atoms with Crippen LogP contribution in [0.25, 0.3) is 21.5 Å². The van der Waals surface area contributed by atoms with Crippen molar-refractivity contribution in [3.63, 3.8) is 0 Å². The highest BCUT2D eigenvalue weighted by Gasteiger charge is 2.59. The molecule has 0 bridgehead atoms. The van der Waals surface area contributed by atoms with Crippen LogP contribution in [0.3, 0.4) is 0 Å². The Labute approximate surface area is 415 Å². The molecule has 2 atom stereocenters. The summed E-state index contributed by atoms with van der Waals surface area (Å²) in [7, 11) is 6.43. The fourth-order valence-corrected chi connectivity index (χ4v) is 10.1. The molecule has 1 saturated carbocycles. The van der Waals surface area contributed by atoms with Gasteiger partial charge in [0.15, 0.2) is 0 Å². The zero-order chi connectivity index (χ0) is 49.6. The van der Waals surface area contributed by atoms with E-state index in [1.54, 1.807) is 28.4 Å². The van der Waals surface area contributed by atoms with E-state index >= 15 is 9.59 Å². The van der Waals surface area contributed by atoms with Crippen LogP contribution in [0.15, 0.2) is 182 Å². The molecular weight excluding hydrogens is 889 g/mol. The molecule has 0 saturated heterocycles. The number of aliphatic hydroxyl groups is 2. The van der Waals surface area contributed by atoms with Gasteiger partial charge >= 0.3 is 0 Å². The first-order chi connectivity index (χ1) is 34.5. The third-order valence-corrected chi connectivity index (χ3v) is 14.2. The smallest absolute Gasteiger partial charge is 0.236 e. The number of ether oxygens (including phenoxy) is 4. The minimum Gasteiger partial charge on any atom is -0.497 e. The molecule has 10 heteroatoms. The lowest BCUT2D eigenvalue weighted by molar-refractivity contribution is -0.141. The molecule has 8 aromatic carbocycles. The molecule has 0 radical (unpaired) electrons. The first kappa shape index (κ1) is 48.4. The summed E-state index contributed by atoms with van der Waals surface area (Å²) in [5.41, 5.74) is -0.0861. The van der Waals surface area contributed by atoms with E-state index in [2.05, 4.69) is 10.6 Å². The van der Waals surface area contributed by atoms with Gasteiger partial charge in [-0.05, 0) is 116 Å². The second kappa shape index (κ2) is 20.7. The number of fused-ring (bicyclic) bond motifs is 2. The molecule has 10 nitrogen and oxygen atoms in total. The standard InChI is InChI=1S/C61H60N2O8/c1-68-47-27-19-41(20-28-47)37-60(66,38-42-21-29-48(69-2)30-22-42)55(53-17-9-13-45-11-5-7-15-51(45)53)62-57(64)59(35-36-59)58(65)63-56(54-18-10-14-46-12-6-8-16-52(46)54)61(67,39-43-23-31-49(70-3)32-24-43)40-44-25-33-50(71-4)34-26-44/h5-34,55-56,66-67H,35-40H2,1-4H3,(H,62,64)(H,63,65)/t55-,56-/m0/s1. The lowest BCUT2D eigenvalue weighted by Crippen LogP contribution is -2.55. The molecule has 9 rings (SSSR count). The minimum absolute atomic E-state index is 0.142. The van der Waals surface area contributed by atoms with Crippen molar-refractivity contribution in [2.45, 2.75) is 61.8 Å². The highest BCUT2D eigenvalue weighted by molar-refractivity contribution is 6.08. The van der Waals surface area contributed by atoms with Gasteiger partial charge in [-0.15, -0.1) is 0 Å². The Morgan fingerprint density at radius 2 is 0.718 bits per heavy atom. The van der Waals surface area contributed by atoms with Crippen LogP contribution < -0.4 is 29.6 Å². The Morgan fingerprint density at radius 1 is 0.437 bits per heavy atom. The predicted molar refractivity (Wildman–Crippen MR) is 278 cm³/mol. The highest BCUT2D eigenvalue weighted by atomic mass is 16.5. The summed E-state index contributed by atoms with van der Waals surface area (Å²) in [5, 5.41) is 37.3. The van der Waals surface area contributed by atoms with Gasteiger partial charge in [0.25, 0.3) is 0 Å². The van der Waals surface area contributed by atoms with Crippen molar-refractivity contribution < 1.29 is 38.7 Å². The Bertz CT molecular complexity index is 2800. The van der Waals surface area contributed by atoms with Crippen molar-refractivity contribution >= 4 is 33.4 Å². The Kier molecular flexibility index (Phi) is 14.1. The van der Waals surface area contributed by atoms with Crippen molar-refractivity contribution in [2.75, 3.05) is 28.4 Å². The fourth-order valence-electron chi connectivity index (χ4n) is 10.1. The van der Waals surface area contributed by atoms with Gasteiger partial charge in [0.1, 0.15) is 28.4 Å². The van der Waals surface area contributed by atoms with E-state index in [4.69, 9.17) is 18.9 Å². The van der Waals surface area contributed by atoms with Crippen molar-refractivity contribution in [2.24, 2.45) is 5.41 Å². The van der Waals surface area contributed by atoms with E-state index in [0.717, 1.165) is 43.8 Å². The largest absolute Gasteiger partial charge is 0.497 e. The van der Waals surface area contributed by atoms with Crippen molar-refractivity contribution in [1.82, 2.24) is 10.6 Å². The van der Waals surface area contributed by atoms with Gasteiger partial charge in [0, 0.05) is 25.7 Å². The molecule has 8 aromatic rings. The number of carbonyl (C=O) groups is 2. The lowest BCUT2D eigenvalue weighted by Gasteiger charge is -2.40. The van der Waals surface area contributed by atoms with E-state index in [0.29, 0.717) is 34.1 Å². The summed E-state index contributed by atoms with van der Waals surface area (Å²) in [6.45, 7) is 0. The van der Waals surface area contributed by atoms with Crippen LogP contribution >= 0.6 is 0 Å². The highest BCUT2D eigenvalue weighted by Crippen LogP contribution is 2.49. The quantitative estimate of drug-likeness (QED) is 0.0555. The molecule has 71 heavy (non-hydrogen) atoms. The molecule has 0 heterocycles. The second-order valence-corrected chi connectivity index (χ2v) is 18.8. The summed E-state index contributed by atoms with van der Waals surface area (Å²) in [5.74, 6) is 1.68. The van der Waals surface area contributed by atoms with Gasteiger partial charge < -0.3 is 39.8 Å². The predicted octanol–water partition coefficient (Wildman–Crippen LogP) is 10.3. The summed E-state index contributed by atoms with van der Waals surface area (Å²) >= 11 is 0. The maximum absolute atomic E-state index is 15.5. The number of amides is 2. The maximum atomic E-state index is 15.5. The number of carbonyl (C=O) groups excluding carboxylic acids is 2. The first-order valence-electron chi connectivity index (χ1n) is 24.0. The van der Waals surface area contributed by atoms with Crippen LogP contribution in [-0.2, 0) is 35.3 Å². The zero-order valence-corrected chi connectivity index (χ0v) is 40.6. The molecule has 362 valence electrons. The van der Waals surface area contributed by atoms with Gasteiger partial charge in [0.2, 0.25) is 11.8 Å².